The third kappa shape index (κ3) is 3.53. The Morgan fingerprint density at radius 3 is 3.13 bits per heavy atom. The van der Waals surface area contributed by atoms with Crippen LogP contribution in [0.4, 0.5) is 5.82 Å². The zero-order chi connectivity index (χ0) is 11.3. The largest absolute Gasteiger partial charge is 0.382 e. The molecule has 0 aliphatic heterocycles. The van der Waals surface area contributed by atoms with Gasteiger partial charge in [0, 0.05) is 19.4 Å². The zero-order valence-electron chi connectivity index (χ0n) is 8.74. The molecule has 1 rings (SSSR count). The standard InChI is InChI=1S/C9H14ClN3O2/c1-7(6-15-2)13-4-3-8(12-13)11-9(14)5-10/h3-4,7H,5-6H2,1-2H3,(H,11,12,14). The fourth-order valence-corrected chi connectivity index (χ4v) is 1.21. The van der Waals surface area contributed by atoms with Crippen LogP contribution in [-0.4, -0.2) is 35.3 Å². The number of anilines is 1. The van der Waals surface area contributed by atoms with Crippen LogP contribution in [-0.2, 0) is 9.53 Å². The number of hydrogen-bond donors (Lipinski definition) is 1. The molecule has 0 saturated heterocycles. The van der Waals surface area contributed by atoms with E-state index >= 15 is 0 Å². The third-order valence-electron chi connectivity index (χ3n) is 1.86. The van der Waals surface area contributed by atoms with Gasteiger partial charge < -0.3 is 10.1 Å². The number of alkyl halides is 1. The Balaban J connectivity index is 2.59. The summed E-state index contributed by atoms with van der Waals surface area (Å²) >= 11 is 5.35. The first kappa shape index (κ1) is 12.0. The van der Waals surface area contributed by atoms with E-state index in [0.717, 1.165) is 0 Å². The molecule has 1 amide bonds. The molecule has 1 atom stereocenters. The fourth-order valence-electron chi connectivity index (χ4n) is 1.14. The lowest BCUT2D eigenvalue weighted by Gasteiger charge is -2.10. The highest BCUT2D eigenvalue weighted by Crippen LogP contribution is 2.09. The van der Waals surface area contributed by atoms with Gasteiger partial charge >= 0.3 is 0 Å². The second-order valence-corrected chi connectivity index (χ2v) is 3.43. The van der Waals surface area contributed by atoms with Crippen molar-refractivity contribution in [1.29, 1.82) is 0 Å². The van der Waals surface area contributed by atoms with Crippen LogP contribution in [0.3, 0.4) is 0 Å². The van der Waals surface area contributed by atoms with Gasteiger partial charge in [-0.1, -0.05) is 0 Å². The summed E-state index contributed by atoms with van der Waals surface area (Å²) < 4.78 is 6.73. The number of amides is 1. The summed E-state index contributed by atoms with van der Waals surface area (Å²) in [5, 5.41) is 6.73. The van der Waals surface area contributed by atoms with E-state index in [1.54, 1.807) is 24.1 Å². The molecule has 0 fully saturated rings. The van der Waals surface area contributed by atoms with Crippen molar-refractivity contribution in [2.45, 2.75) is 13.0 Å². The predicted octanol–water partition coefficient (Wildman–Crippen LogP) is 1.27. The second-order valence-electron chi connectivity index (χ2n) is 3.17. The Hall–Kier alpha value is -1.07. The van der Waals surface area contributed by atoms with Crippen molar-refractivity contribution in [3.63, 3.8) is 0 Å². The lowest BCUT2D eigenvalue weighted by Crippen LogP contribution is -2.15. The van der Waals surface area contributed by atoms with Crippen molar-refractivity contribution >= 4 is 23.3 Å². The van der Waals surface area contributed by atoms with Gasteiger partial charge in [0.1, 0.15) is 5.88 Å². The molecule has 84 valence electrons. The van der Waals surface area contributed by atoms with E-state index in [4.69, 9.17) is 16.3 Å². The average Bonchev–Trinajstić information content (AvgIpc) is 2.66. The second kappa shape index (κ2) is 5.72. The molecule has 1 aromatic rings. The number of methoxy groups -OCH3 is 1. The third-order valence-corrected chi connectivity index (χ3v) is 2.10. The van der Waals surface area contributed by atoms with Gasteiger partial charge in [-0.05, 0) is 6.92 Å². The number of ether oxygens (including phenoxy) is 1. The molecule has 0 aliphatic rings. The highest BCUT2D eigenvalue weighted by molar-refractivity contribution is 6.28. The number of hydrogen-bond acceptors (Lipinski definition) is 3. The maximum absolute atomic E-state index is 11.0. The van der Waals surface area contributed by atoms with E-state index in [0.29, 0.717) is 12.4 Å². The summed E-state index contributed by atoms with van der Waals surface area (Å²) in [6.07, 6.45) is 1.79. The molecule has 0 aromatic carbocycles. The van der Waals surface area contributed by atoms with Crippen LogP contribution in [0.25, 0.3) is 0 Å². The molecule has 6 heteroatoms. The Morgan fingerprint density at radius 1 is 1.80 bits per heavy atom. The molecule has 1 N–H and O–H groups in total. The summed E-state index contributed by atoms with van der Waals surface area (Å²) in [5.41, 5.74) is 0. The van der Waals surface area contributed by atoms with E-state index in [9.17, 15) is 4.79 Å². The highest BCUT2D eigenvalue weighted by Gasteiger charge is 2.07. The Morgan fingerprint density at radius 2 is 2.53 bits per heavy atom. The Kier molecular flexibility index (Phi) is 4.58. The first-order valence-corrected chi connectivity index (χ1v) is 5.10. The zero-order valence-corrected chi connectivity index (χ0v) is 9.49. The summed E-state index contributed by atoms with van der Waals surface area (Å²) in [6.45, 7) is 2.55. The van der Waals surface area contributed by atoms with Gasteiger partial charge in [-0.25, -0.2) is 0 Å². The maximum Gasteiger partial charge on any atom is 0.240 e. The molecule has 1 heterocycles. The molecule has 1 unspecified atom stereocenters. The quantitative estimate of drug-likeness (QED) is 0.777. The van der Waals surface area contributed by atoms with E-state index in [1.807, 2.05) is 6.92 Å². The SMILES string of the molecule is COCC(C)n1ccc(NC(=O)CCl)n1. The van der Waals surface area contributed by atoms with Gasteiger partial charge in [0.25, 0.3) is 0 Å². The van der Waals surface area contributed by atoms with Gasteiger partial charge in [0.15, 0.2) is 5.82 Å². The van der Waals surface area contributed by atoms with Gasteiger partial charge in [0.05, 0.1) is 12.6 Å². The summed E-state index contributed by atoms with van der Waals surface area (Å²) in [7, 11) is 1.64. The van der Waals surface area contributed by atoms with Crippen LogP contribution in [0.5, 0.6) is 0 Å². The molecule has 0 saturated carbocycles. The van der Waals surface area contributed by atoms with E-state index in [-0.39, 0.29) is 17.8 Å². The number of carbonyl (C=O) groups is 1. The minimum atomic E-state index is -0.263. The first-order valence-electron chi connectivity index (χ1n) is 4.57. The van der Waals surface area contributed by atoms with Crippen LogP contribution < -0.4 is 5.32 Å². The number of nitrogens with zero attached hydrogens (tertiary/aromatic N) is 2. The number of halogens is 1. The molecular formula is C9H14ClN3O2. The van der Waals surface area contributed by atoms with Gasteiger partial charge in [-0.15, -0.1) is 11.6 Å². The minimum absolute atomic E-state index is 0.0690. The van der Waals surface area contributed by atoms with E-state index in [1.165, 1.54) is 0 Å². The molecule has 5 nitrogen and oxygen atoms in total. The van der Waals surface area contributed by atoms with Crippen LogP contribution in [0.15, 0.2) is 12.3 Å². The van der Waals surface area contributed by atoms with E-state index in [2.05, 4.69) is 10.4 Å². The molecule has 15 heavy (non-hydrogen) atoms. The van der Waals surface area contributed by atoms with Gasteiger partial charge in [0.2, 0.25) is 5.91 Å². The first-order chi connectivity index (χ1) is 7.17. The lowest BCUT2D eigenvalue weighted by molar-refractivity contribution is -0.113. The van der Waals surface area contributed by atoms with Crippen molar-refractivity contribution in [3.05, 3.63) is 12.3 Å². The van der Waals surface area contributed by atoms with Gasteiger partial charge in [-0.2, -0.15) is 5.10 Å². The average molecular weight is 232 g/mol. The van der Waals surface area contributed by atoms with Crippen molar-refractivity contribution in [2.75, 3.05) is 24.9 Å². The molecule has 0 spiro atoms. The smallest absolute Gasteiger partial charge is 0.240 e. The van der Waals surface area contributed by atoms with Crippen molar-refractivity contribution < 1.29 is 9.53 Å². The lowest BCUT2D eigenvalue weighted by atomic mass is 10.4. The van der Waals surface area contributed by atoms with Crippen LogP contribution in [0.1, 0.15) is 13.0 Å². The number of carbonyl (C=O) groups excluding carboxylic acids is 1. The Bertz CT molecular complexity index is 327. The predicted molar refractivity (Wildman–Crippen MR) is 58.2 cm³/mol. The van der Waals surface area contributed by atoms with Crippen LogP contribution in [0, 0.1) is 0 Å². The monoisotopic (exact) mass is 231 g/mol. The summed E-state index contributed by atoms with van der Waals surface area (Å²) in [4.78, 5) is 11.0. The molecule has 0 bridgehead atoms. The summed E-state index contributed by atoms with van der Waals surface area (Å²) in [5.74, 6) is 0.172. The number of nitrogens with one attached hydrogen (secondary N) is 1. The van der Waals surface area contributed by atoms with E-state index < -0.39 is 0 Å². The fraction of sp³-hybridized carbons (Fsp3) is 0.556. The maximum atomic E-state index is 11.0. The van der Waals surface area contributed by atoms with Crippen molar-refractivity contribution in [2.24, 2.45) is 0 Å². The minimum Gasteiger partial charge on any atom is -0.382 e. The molecular weight excluding hydrogens is 218 g/mol. The number of rotatable bonds is 5. The van der Waals surface area contributed by atoms with Gasteiger partial charge in [-0.3, -0.25) is 9.48 Å². The summed E-state index contributed by atoms with van der Waals surface area (Å²) in [6, 6.07) is 1.85. The Labute approximate surface area is 93.4 Å². The van der Waals surface area contributed by atoms with Crippen molar-refractivity contribution in [3.8, 4) is 0 Å². The van der Waals surface area contributed by atoms with Crippen molar-refractivity contribution in [1.82, 2.24) is 9.78 Å². The van der Waals surface area contributed by atoms with Crippen LogP contribution >= 0.6 is 11.6 Å². The van der Waals surface area contributed by atoms with Crippen LogP contribution in [0.2, 0.25) is 0 Å². The molecule has 0 aliphatic carbocycles. The normalized spacial score (nSPS) is 12.5. The number of aromatic nitrogens is 2. The molecule has 0 radical (unpaired) electrons. The molecule has 1 aromatic heterocycles. The topological polar surface area (TPSA) is 56.1 Å². The highest BCUT2D eigenvalue weighted by atomic mass is 35.5.